The second kappa shape index (κ2) is 10.2. The van der Waals surface area contributed by atoms with Crippen LogP contribution in [0.3, 0.4) is 0 Å². The van der Waals surface area contributed by atoms with Crippen LogP contribution in [0.5, 0.6) is 11.5 Å². The molecule has 0 aliphatic rings. The molecule has 0 atom stereocenters. The number of carbonyl (C=O) groups excluding carboxylic acids is 1. The number of aryl methyl sites for hydroxylation is 1. The van der Waals surface area contributed by atoms with E-state index in [-0.39, 0.29) is 11.7 Å². The number of rotatable bonds is 8. The number of pyridine rings is 1. The summed E-state index contributed by atoms with van der Waals surface area (Å²) in [5, 5.41) is 12.2. The lowest BCUT2D eigenvalue weighted by atomic mass is 10.2. The van der Waals surface area contributed by atoms with Crippen molar-refractivity contribution in [2.24, 2.45) is 0 Å². The van der Waals surface area contributed by atoms with Crippen LogP contribution in [0.2, 0.25) is 0 Å². The molecule has 2 aromatic carbocycles. The summed E-state index contributed by atoms with van der Waals surface area (Å²) in [4.78, 5) is 16.9. The molecule has 0 saturated carbocycles. The van der Waals surface area contributed by atoms with Gasteiger partial charge in [0.2, 0.25) is 5.91 Å². The maximum Gasteiger partial charge on any atom is 0.234 e. The quantitative estimate of drug-likeness (QED) is 0.389. The Morgan fingerprint density at radius 3 is 2.58 bits per heavy atom. The number of carbonyl (C=O) groups is 1. The number of amides is 1. The summed E-state index contributed by atoms with van der Waals surface area (Å²) in [5.74, 6) is 1.77. The lowest BCUT2D eigenvalue weighted by Crippen LogP contribution is -2.15. The van der Waals surface area contributed by atoms with E-state index >= 15 is 0 Å². The van der Waals surface area contributed by atoms with E-state index in [1.54, 1.807) is 44.8 Å². The Balaban J connectivity index is 1.58. The number of benzene rings is 2. The average molecular weight is 462 g/mol. The lowest BCUT2D eigenvalue weighted by molar-refractivity contribution is -0.113. The van der Waals surface area contributed by atoms with Crippen molar-refractivity contribution >= 4 is 23.4 Å². The van der Waals surface area contributed by atoms with Crippen molar-refractivity contribution in [3.63, 3.8) is 0 Å². The van der Waals surface area contributed by atoms with Crippen molar-refractivity contribution in [3.8, 4) is 28.6 Å². The zero-order valence-corrected chi connectivity index (χ0v) is 19.3. The summed E-state index contributed by atoms with van der Waals surface area (Å²) < 4.78 is 12.5. The van der Waals surface area contributed by atoms with Crippen LogP contribution in [0, 0.1) is 6.92 Å². The number of nitrogens with one attached hydrogen (secondary N) is 1. The summed E-state index contributed by atoms with van der Waals surface area (Å²) in [6.45, 7) is 2.03. The van der Waals surface area contributed by atoms with Gasteiger partial charge < -0.3 is 14.8 Å². The van der Waals surface area contributed by atoms with Gasteiger partial charge in [-0.05, 0) is 43.3 Å². The highest BCUT2D eigenvalue weighted by molar-refractivity contribution is 7.99. The zero-order chi connectivity index (χ0) is 23.2. The van der Waals surface area contributed by atoms with Crippen molar-refractivity contribution in [1.29, 1.82) is 0 Å². The Hall–Kier alpha value is -3.85. The van der Waals surface area contributed by atoms with Crippen LogP contribution in [0.1, 0.15) is 5.56 Å². The van der Waals surface area contributed by atoms with E-state index in [1.165, 1.54) is 11.8 Å². The SMILES string of the molecule is COc1ccc(OC)c(NC(=O)CSc2nnc(-c3cccnc3)n2-c2ccc(C)cc2)c1. The topological polar surface area (TPSA) is 91.2 Å². The Morgan fingerprint density at radius 2 is 1.88 bits per heavy atom. The molecule has 0 bridgehead atoms. The van der Waals surface area contributed by atoms with Crippen LogP contribution in [-0.4, -0.2) is 45.6 Å². The maximum absolute atomic E-state index is 12.7. The van der Waals surface area contributed by atoms with Gasteiger partial charge in [0, 0.05) is 29.7 Å². The number of nitrogens with zero attached hydrogens (tertiary/aromatic N) is 4. The number of hydrogen-bond donors (Lipinski definition) is 1. The van der Waals surface area contributed by atoms with Crippen LogP contribution in [-0.2, 0) is 4.79 Å². The second-order valence-electron chi connectivity index (χ2n) is 7.12. The number of anilines is 1. The summed E-state index contributed by atoms with van der Waals surface area (Å²) in [6.07, 6.45) is 3.45. The smallest absolute Gasteiger partial charge is 0.234 e. The van der Waals surface area contributed by atoms with Crippen molar-refractivity contribution in [2.45, 2.75) is 12.1 Å². The average Bonchev–Trinajstić information content (AvgIpc) is 3.27. The molecule has 33 heavy (non-hydrogen) atoms. The molecule has 1 N–H and O–H groups in total. The minimum absolute atomic E-state index is 0.136. The van der Waals surface area contributed by atoms with Gasteiger partial charge in [-0.15, -0.1) is 10.2 Å². The van der Waals surface area contributed by atoms with Gasteiger partial charge in [-0.3, -0.25) is 14.3 Å². The molecular formula is C24H23N5O3S. The summed E-state index contributed by atoms with van der Waals surface area (Å²) >= 11 is 1.30. The number of thioether (sulfide) groups is 1. The van der Waals surface area contributed by atoms with Gasteiger partial charge in [0.1, 0.15) is 11.5 Å². The second-order valence-corrected chi connectivity index (χ2v) is 8.06. The van der Waals surface area contributed by atoms with Crippen molar-refractivity contribution in [3.05, 3.63) is 72.6 Å². The highest BCUT2D eigenvalue weighted by Gasteiger charge is 2.18. The van der Waals surface area contributed by atoms with E-state index in [2.05, 4.69) is 20.5 Å². The highest BCUT2D eigenvalue weighted by Crippen LogP contribution is 2.30. The zero-order valence-electron chi connectivity index (χ0n) is 18.5. The molecule has 0 radical (unpaired) electrons. The van der Waals surface area contributed by atoms with Crippen LogP contribution in [0.25, 0.3) is 17.1 Å². The molecular weight excluding hydrogens is 438 g/mol. The highest BCUT2D eigenvalue weighted by atomic mass is 32.2. The molecule has 0 spiro atoms. The predicted octanol–water partition coefficient (Wildman–Crippen LogP) is 4.39. The summed E-state index contributed by atoms with van der Waals surface area (Å²) in [6, 6.07) is 17.1. The molecule has 0 fully saturated rings. The third kappa shape index (κ3) is 5.15. The molecule has 0 unspecified atom stereocenters. The maximum atomic E-state index is 12.7. The van der Waals surface area contributed by atoms with Crippen LogP contribution in [0.15, 0.2) is 72.1 Å². The third-order valence-corrected chi connectivity index (χ3v) is 5.79. The first-order chi connectivity index (χ1) is 16.1. The van der Waals surface area contributed by atoms with E-state index < -0.39 is 0 Å². The molecule has 1 amide bonds. The normalized spacial score (nSPS) is 10.6. The summed E-state index contributed by atoms with van der Waals surface area (Å²) in [5.41, 5.74) is 3.43. The largest absolute Gasteiger partial charge is 0.497 e. The molecule has 0 saturated heterocycles. The van der Waals surface area contributed by atoms with Gasteiger partial charge in [0.05, 0.1) is 25.7 Å². The van der Waals surface area contributed by atoms with E-state index in [4.69, 9.17) is 9.47 Å². The molecule has 4 aromatic rings. The molecule has 4 rings (SSSR count). The first-order valence-electron chi connectivity index (χ1n) is 10.2. The standard InChI is InChI=1S/C24H23N5O3S/c1-16-6-8-18(9-7-16)29-23(17-5-4-12-25-14-17)27-28-24(29)33-15-22(30)26-20-13-19(31-2)10-11-21(20)32-3/h4-14H,15H2,1-3H3,(H,26,30). The number of methoxy groups -OCH3 is 2. The number of ether oxygens (including phenoxy) is 2. The van der Waals surface area contributed by atoms with E-state index in [0.29, 0.717) is 28.2 Å². The number of hydrogen-bond acceptors (Lipinski definition) is 7. The fraction of sp³-hybridized carbons (Fsp3) is 0.167. The number of aromatic nitrogens is 4. The Bertz CT molecular complexity index is 1240. The Morgan fingerprint density at radius 1 is 1.06 bits per heavy atom. The third-order valence-electron chi connectivity index (χ3n) is 4.86. The molecule has 0 aliphatic carbocycles. The van der Waals surface area contributed by atoms with Gasteiger partial charge in [-0.1, -0.05) is 29.5 Å². The Kier molecular flexibility index (Phi) is 6.89. The first kappa shape index (κ1) is 22.3. The Labute approximate surface area is 196 Å². The van der Waals surface area contributed by atoms with Gasteiger partial charge >= 0.3 is 0 Å². The van der Waals surface area contributed by atoms with Crippen molar-refractivity contribution < 1.29 is 14.3 Å². The first-order valence-corrected chi connectivity index (χ1v) is 11.1. The fourth-order valence-electron chi connectivity index (χ4n) is 3.20. The van der Waals surface area contributed by atoms with Gasteiger partial charge in [0.15, 0.2) is 11.0 Å². The lowest BCUT2D eigenvalue weighted by Gasteiger charge is -2.12. The van der Waals surface area contributed by atoms with E-state index in [1.807, 2.05) is 47.9 Å². The fourth-order valence-corrected chi connectivity index (χ4v) is 3.95. The monoisotopic (exact) mass is 461 g/mol. The van der Waals surface area contributed by atoms with Crippen LogP contribution < -0.4 is 14.8 Å². The molecule has 8 nitrogen and oxygen atoms in total. The van der Waals surface area contributed by atoms with Crippen molar-refractivity contribution in [1.82, 2.24) is 19.7 Å². The molecule has 168 valence electrons. The van der Waals surface area contributed by atoms with E-state index in [0.717, 1.165) is 16.8 Å². The molecule has 2 aromatic heterocycles. The van der Waals surface area contributed by atoms with Crippen molar-refractivity contribution in [2.75, 3.05) is 25.3 Å². The predicted molar refractivity (Wildman–Crippen MR) is 128 cm³/mol. The molecule has 0 aliphatic heterocycles. The van der Waals surface area contributed by atoms with Crippen LogP contribution >= 0.6 is 11.8 Å². The van der Waals surface area contributed by atoms with Crippen LogP contribution in [0.4, 0.5) is 5.69 Å². The van der Waals surface area contributed by atoms with Gasteiger partial charge in [0.25, 0.3) is 0 Å². The minimum Gasteiger partial charge on any atom is -0.497 e. The summed E-state index contributed by atoms with van der Waals surface area (Å²) in [7, 11) is 3.12. The van der Waals surface area contributed by atoms with Gasteiger partial charge in [-0.25, -0.2) is 0 Å². The molecule has 2 heterocycles. The van der Waals surface area contributed by atoms with Gasteiger partial charge in [-0.2, -0.15) is 0 Å². The van der Waals surface area contributed by atoms with E-state index in [9.17, 15) is 4.79 Å². The molecule has 9 heteroatoms. The minimum atomic E-state index is -0.201.